The Morgan fingerprint density at radius 3 is 2.50 bits per heavy atom. The van der Waals surface area contributed by atoms with Gasteiger partial charge in [0, 0.05) is 12.3 Å². The fourth-order valence-corrected chi connectivity index (χ4v) is 2.13. The van der Waals surface area contributed by atoms with Crippen LogP contribution in [0.25, 0.3) is 0 Å². The van der Waals surface area contributed by atoms with Crippen molar-refractivity contribution in [3.63, 3.8) is 0 Å². The predicted molar refractivity (Wildman–Crippen MR) is 54.0 cm³/mol. The fraction of sp³-hybridized carbons (Fsp3) is 0.545. The molecule has 1 aliphatic carbocycles. The monoisotopic (exact) mass is 193 g/mol. The van der Waals surface area contributed by atoms with Crippen LogP contribution in [-0.4, -0.2) is 10.1 Å². The number of aromatic amines is 1. The molecule has 0 aliphatic heterocycles. The van der Waals surface area contributed by atoms with Crippen molar-refractivity contribution < 1.29 is 5.11 Å². The third-order valence-corrected chi connectivity index (χ3v) is 3.00. The number of hydrogen-bond donors (Lipinski definition) is 2. The molecule has 2 rings (SSSR count). The number of H-pyrrole nitrogens is 1. The Morgan fingerprint density at radius 2 is 1.93 bits per heavy atom. The highest BCUT2D eigenvalue weighted by Crippen LogP contribution is 2.35. The first-order valence-corrected chi connectivity index (χ1v) is 5.12. The third kappa shape index (κ3) is 1.73. The van der Waals surface area contributed by atoms with Gasteiger partial charge in [-0.1, -0.05) is 19.3 Å². The molecule has 0 unspecified atom stereocenters. The molecule has 1 fully saturated rings. The van der Waals surface area contributed by atoms with Gasteiger partial charge in [-0.05, 0) is 24.5 Å². The minimum absolute atomic E-state index is 0.117. The average molecular weight is 193 g/mol. The van der Waals surface area contributed by atoms with Crippen LogP contribution in [0.4, 0.5) is 0 Å². The summed E-state index contributed by atoms with van der Waals surface area (Å²) in [6, 6.07) is 3.20. The van der Waals surface area contributed by atoms with E-state index in [2.05, 4.69) is 4.98 Å². The lowest BCUT2D eigenvalue weighted by atomic mass is 9.80. The quantitative estimate of drug-likeness (QED) is 0.710. The lowest BCUT2D eigenvalue weighted by Crippen LogP contribution is -2.29. The van der Waals surface area contributed by atoms with E-state index in [1.165, 1.54) is 12.5 Å². The molecule has 0 atom stereocenters. The smallest absolute Gasteiger partial charge is 0.247 e. The van der Waals surface area contributed by atoms with Crippen LogP contribution >= 0.6 is 0 Å². The Balaban J connectivity index is 2.28. The first kappa shape index (κ1) is 9.46. The summed E-state index contributed by atoms with van der Waals surface area (Å²) < 4.78 is 0. The van der Waals surface area contributed by atoms with Gasteiger partial charge in [0.15, 0.2) is 0 Å². The average Bonchev–Trinajstić information content (AvgIpc) is 2.19. The van der Waals surface area contributed by atoms with Crippen molar-refractivity contribution in [1.82, 2.24) is 4.98 Å². The summed E-state index contributed by atoms with van der Waals surface area (Å²) in [5.74, 6) is 0. The van der Waals surface area contributed by atoms with Gasteiger partial charge < -0.3 is 10.1 Å². The van der Waals surface area contributed by atoms with Gasteiger partial charge in [0.25, 0.3) is 0 Å². The van der Waals surface area contributed by atoms with Crippen molar-refractivity contribution in [3.8, 4) is 0 Å². The first-order chi connectivity index (χ1) is 6.71. The van der Waals surface area contributed by atoms with E-state index in [-0.39, 0.29) is 5.56 Å². The van der Waals surface area contributed by atoms with Gasteiger partial charge in [-0.3, -0.25) is 4.79 Å². The van der Waals surface area contributed by atoms with E-state index in [0.29, 0.717) is 0 Å². The van der Waals surface area contributed by atoms with Gasteiger partial charge in [0.2, 0.25) is 5.56 Å². The lowest BCUT2D eigenvalue weighted by molar-refractivity contribution is -0.000950. The third-order valence-electron chi connectivity index (χ3n) is 3.00. The van der Waals surface area contributed by atoms with E-state index in [1.807, 2.05) is 0 Å². The number of pyridine rings is 1. The summed E-state index contributed by atoms with van der Waals surface area (Å²) in [5, 5.41) is 10.3. The van der Waals surface area contributed by atoms with E-state index < -0.39 is 5.60 Å². The molecule has 76 valence electrons. The van der Waals surface area contributed by atoms with Gasteiger partial charge in [-0.15, -0.1) is 0 Å². The second-order valence-electron chi connectivity index (χ2n) is 4.03. The van der Waals surface area contributed by atoms with E-state index in [9.17, 15) is 9.90 Å². The molecule has 0 saturated heterocycles. The second kappa shape index (κ2) is 3.58. The van der Waals surface area contributed by atoms with Crippen molar-refractivity contribution in [2.45, 2.75) is 37.7 Å². The number of aliphatic hydroxyl groups is 1. The van der Waals surface area contributed by atoms with Gasteiger partial charge in [0.1, 0.15) is 0 Å². The molecule has 0 aromatic carbocycles. The molecule has 3 nitrogen and oxygen atoms in total. The summed E-state index contributed by atoms with van der Waals surface area (Å²) in [7, 11) is 0. The highest BCUT2D eigenvalue weighted by molar-refractivity contribution is 5.18. The highest BCUT2D eigenvalue weighted by atomic mass is 16.3. The van der Waals surface area contributed by atoms with Crippen LogP contribution in [0.15, 0.2) is 23.1 Å². The number of nitrogens with one attached hydrogen (secondary N) is 1. The van der Waals surface area contributed by atoms with E-state index in [1.54, 1.807) is 12.3 Å². The molecule has 0 bridgehead atoms. The molecule has 0 amide bonds. The highest BCUT2D eigenvalue weighted by Gasteiger charge is 2.30. The van der Waals surface area contributed by atoms with Crippen molar-refractivity contribution in [1.29, 1.82) is 0 Å². The van der Waals surface area contributed by atoms with Gasteiger partial charge >= 0.3 is 0 Å². The molecule has 0 radical (unpaired) electrons. The number of rotatable bonds is 1. The first-order valence-electron chi connectivity index (χ1n) is 5.12. The van der Waals surface area contributed by atoms with Crippen LogP contribution in [0, 0.1) is 0 Å². The largest absolute Gasteiger partial charge is 0.385 e. The van der Waals surface area contributed by atoms with Gasteiger partial charge in [-0.25, -0.2) is 0 Å². The molecular formula is C11H15NO2. The zero-order valence-corrected chi connectivity index (χ0v) is 8.12. The summed E-state index contributed by atoms with van der Waals surface area (Å²) in [5.41, 5.74) is 0.0209. The molecule has 1 aromatic heterocycles. The molecule has 1 heterocycles. The molecular weight excluding hydrogens is 178 g/mol. The fourth-order valence-electron chi connectivity index (χ4n) is 2.13. The van der Waals surface area contributed by atoms with E-state index in [0.717, 1.165) is 31.2 Å². The molecule has 0 spiro atoms. The molecule has 1 aromatic rings. The Bertz CT molecular complexity index is 343. The lowest BCUT2D eigenvalue weighted by Gasteiger charge is -2.32. The van der Waals surface area contributed by atoms with Crippen LogP contribution in [-0.2, 0) is 5.60 Å². The number of aromatic nitrogens is 1. The minimum atomic E-state index is -0.706. The van der Waals surface area contributed by atoms with Gasteiger partial charge in [0.05, 0.1) is 5.60 Å². The second-order valence-corrected chi connectivity index (χ2v) is 4.03. The summed E-state index contributed by atoms with van der Waals surface area (Å²) >= 11 is 0. The Labute approximate surface area is 82.8 Å². The predicted octanol–water partition coefficient (Wildman–Crippen LogP) is 1.53. The van der Waals surface area contributed by atoms with E-state index in [4.69, 9.17) is 0 Å². The van der Waals surface area contributed by atoms with Crippen molar-refractivity contribution in [2.24, 2.45) is 0 Å². The standard InChI is InChI=1S/C11H15NO2/c13-10-5-4-9(8-12-10)11(14)6-2-1-3-7-11/h4-5,8,14H,1-3,6-7H2,(H,12,13). The zero-order valence-electron chi connectivity index (χ0n) is 8.12. The maximum absolute atomic E-state index is 10.9. The molecule has 3 heteroatoms. The van der Waals surface area contributed by atoms with Gasteiger partial charge in [-0.2, -0.15) is 0 Å². The van der Waals surface area contributed by atoms with Crippen LogP contribution < -0.4 is 5.56 Å². The maximum Gasteiger partial charge on any atom is 0.247 e. The van der Waals surface area contributed by atoms with Crippen LogP contribution in [0.5, 0.6) is 0 Å². The summed E-state index contributed by atoms with van der Waals surface area (Å²) in [6.45, 7) is 0. The molecule has 14 heavy (non-hydrogen) atoms. The molecule has 1 saturated carbocycles. The zero-order chi connectivity index (χ0) is 10.0. The Kier molecular flexibility index (Phi) is 2.42. The normalized spacial score (nSPS) is 20.6. The summed E-state index contributed by atoms with van der Waals surface area (Å²) in [4.78, 5) is 13.5. The van der Waals surface area contributed by atoms with Crippen molar-refractivity contribution in [2.75, 3.05) is 0 Å². The number of hydrogen-bond acceptors (Lipinski definition) is 2. The van der Waals surface area contributed by atoms with Crippen molar-refractivity contribution in [3.05, 3.63) is 34.2 Å². The topological polar surface area (TPSA) is 53.1 Å². The van der Waals surface area contributed by atoms with Crippen molar-refractivity contribution >= 4 is 0 Å². The van der Waals surface area contributed by atoms with Crippen LogP contribution in [0.1, 0.15) is 37.7 Å². The summed E-state index contributed by atoms with van der Waals surface area (Å²) in [6.07, 6.45) is 6.57. The molecule has 1 aliphatic rings. The Morgan fingerprint density at radius 1 is 1.21 bits per heavy atom. The maximum atomic E-state index is 10.9. The van der Waals surface area contributed by atoms with Crippen LogP contribution in [0.2, 0.25) is 0 Å². The minimum Gasteiger partial charge on any atom is -0.385 e. The molecule has 2 N–H and O–H groups in total. The SMILES string of the molecule is O=c1ccc(C2(O)CCCCC2)c[nH]1. The van der Waals surface area contributed by atoms with E-state index >= 15 is 0 Å². The Hall–Kier alpha value is -1.09. The van der Waals surface area contributed by atoms with Crippen LogP contribution in [0.3, 0.4) is 0 Å².